The zero-order valence-electron chi connectivity index (χ0n) is 11.1. The molecule has 1 aliphatic rings. The third-order valence-corrected chi connectivity index (χ3v) is 4.51. The summed E-state index contributed by atoms with van der Waals surface area (Å²) in [5.41, 5.74) is 7.85. The van der Waals surface area contributed by atoms with Gasteiger partial charge in [-0.25, -0.2) is 0 Å². The van der Waals surface area contributed by atoms with Gasteiger partial charge in [-0.3, -0.25) is 0 Å². The lowest BCUT2D eigenvalue weighted by Gasteiger charge is -2.43. The molecule has 3 heteroatoms. The van der Waals surface area contributed by atoms with Gasteiger partial charge in [-0.1, -0.05) is 43.5 Å². The molecule has 0 radical (unpaired) electrons. The maximum Gasteiger partial charge on any atom is 0.0439 e. The molecule has 0 aromatic heterocycles. The Bertz CT molecular complexity index is 442. The summed E-state index contributed by atoms with van der Waals surface area (Å²) in [5.74, 6) is 0. The van der Waals surface area contributed by atoms with Crippen molar-refractivity contribution in [2.24, 2.45) is 11.1 Å². The number of nitrogens with two attached hydrogens (primary N) is 1. The van der Waals surface area contributed by atoms with Crippen LogP contribution in [0.5, 0.6) is 0 Å². The van der Waals surface area contributed by atoms with Crippen LogP contribution in [0.4, 0.5) is 0 Å². The van der Waals surface area contributed by atoms with Gasteiger partial charge in [0.15, 0.2) is 0 Å². The molecule has 1 nitrogen and oxygen atoms in total. The molecule has 1 atom stereocenters. The molecule has 18 heavy (non-hydrogen) atoms. The SMILES string of the molecule is CC1(C)CCCC(N)(Cc2cc(Cl)ccc2Cl)C1. The van der Waals surface area contributed by atoms with Gasteiger partial charge in [0.1, 0.15) is 0 Å². The largest absolute Gasteiger partial charge is 0.325 e. The monoisotopic (exact) mass is 285 g/mol. The number of halogens is 2. The molecule has 0 bridgehead atoms. The Morgan fingerprint density at radius 3 is 2.61 bits per heavy atom. The predicted octanol–water partition coefficient (Wildman–Crippen LogP) is 4.83. The van der Waals surface area contributed by atoms with Gasteiger partial charge in [-0.2, -0.15) is 0 Å². The highest BCUT2D eigenvalue weighted by atomic mass is 35.5. The Kier molecular flexibility index (Phi) is 3.96. The second-order valence-electron chi connectivity index (χ2n) is 6.47. The molecular formula is C15H21Cl2N. The molecule has 0 heterocycles. The summed E-state index contributed by atoms with van der Waals surface area (Å²) in [7, 11) is 0. The highest BCUT2D eigenvalue weighted by Crippen LogP contribution is 2.41. The zero-order chi connectivity index (χ0) is 13.4. The van der Waals surface area contributed by atoms with Crippen LogP contribution in [-0.4, -0.2) is 5.54 Å². The van der Waals surface area contributed by atoms with Crippen LogP contribution in [0.2, 0.25) is 10.0 Å². The van der Waals surface area contributed by atoms with Crippen LogP contribution in [0.1, 0.15) is 45.1 Å². The first-order valence-electron chi connectivity index (χ1n) is 6.53. The minimum absolute atomic E-state index is 0.143. The Balaban J connectivity index is 2.19. The van der Waals surface area contributed by atoms with Crippen LogP contribution in [0, 0.1) is 5.41 Å². The fraction of sp³-hybridized carbons (Fsp3) is 0.600. The lowest BCUT2D eigenvalue weighted by Crippen LogP contribution is -2.48. The van der Waals surface area contributed by atoms with Crippen LogP contribution < -0.4 is 5.73 Å². The molecule has 2 rings (SSSR count). The van der Waals surface area contributed by atoms with Crippen molar-refractivity contribution in [2.45, 2.75) is 51.5 Å². The number of benzene rings is 1. The van der Waals surface area contributed by atoms with Gasteiger partial charge in [0.05, 0.1) is 0 Å². The summed E-state index contributed by atoms with van der Waals surface area (Å²) >= 11 is 12.3. The summed E-state index contributed by atoms with van der Waals surface area (Å²) in [4.78, 5) is 0. The van der Waals surface area contributed by atoms with Gasteiger partial charge in [-0.15, -0.1) is 0 Å². The summed E-state index contributed by atoms with van der Waals surface area (Å²) in [6, 6.07) is 5.62. The fourth-order valence-electron chi connectivity index (χ4n) is 3.26. The first-order chi connectivity index (χ1) is 8.30. The number of rotatable bonds is 2. The van der Waals surface area contributed by atoms with E-state index in [-0.39, 0.29) is 5.54 Å². The van der Waals surface area contributed by atoms with Crippen molar-refractivity contribution < 1.29 is 0 Å². The summed E-state index contributed by atoms with van der Waals surface area (Å²) < 4.78 is 0. The molecule has 1 saturated carbocycles. The molecule has 0 saturated heterocycles. The summed E-state index contributed by atoms with van der Waals surface area (Å²) in [6.45, 7) is 4.60. The fourth-order valence-corrected chi connectivity index (χ4v) is 3.64. The van der Waals surface area contributed by atoms with E-state index in [1.165, 1.54) is 12.8 Å². The third-order valence-electron chi connectivity index (χ3n) is 3.91. The maximum absolute atomic E-state index is 6.58. The number of hydrogen-bond acceptors (Lipinski definition) is 1. The topological polar surface area (TPSA) is 26.0 Å². The van der Waals surface area contributed by atoms with Gasteiger partial charge < -0.3 is 5.73 Å². The van der Waals surface area contributed by atoms with Crippen LogP contribution in [0.3, 0.4) is 0 Å². The molecule has 0 spiro atoms. The predicted molar refractivity (Wildman–Crippen MR) is 79.3 cm³/mol. The maximum atomic E-state index is 6.58. The molecule has 1 aromatic rings. The molecule has 1 aromatic carbocycles. The van der Waals surface area contributed by atoms with E-state index in [9.17, 15) is 0 Å². The van der Waals surface area contributed by atoms with E-state index >= 15 is 0 Å². The summed E-state index contributed by atoms with van der Waals surface area (Å²) in [5, 5.41) is 1.50. The van der Waals surface area contributed by atoms with Crippen molar-refractivity contribution in [2.75, 3.05) is 0 Å². The van der Waals surface area contributed by atoms with Gasteiger partial charge in [0, 0.05) is 15.6 Å². The molecule has 2 N–H and O–H groups in total. The van der Waals surface area contributed by atoms with E-state index in [0.717, 1.165) is 34.9 Å². The molecule has 0 aliphatic heterocycles. The lowest BCUT2D eigenvalue weighted by molar-refractivity contribution is 0.151. The zero-order valence-corrected chi connectivity index (χ0v) is 12.6. The molecule has 0 amide bonds. The van der Waals surface area contributed by atoms with Crippen molar-refractivity contribution in [1.29, 1.82) is 0 Å². The summed E-state index contributed by atoms with van der Waals surface area (Å²) in [6.07, 6.45) is 5.38. The smallest absolute Gasteiger partial charge is 0.0439 e. The highest BCUT2D eigenvalue weighted by Gasteiger charge is 2.37. The second kappa shape index (κ2) is 5.03. The minimum Gasteiger partial charge on any atom is -0.325 e. The van der Waals surface area contributed by atoms with Crippen LogP contribution in [0.15, 0.2) is 18.2 Å². The van der Waals surface area contributed by atoms with Crippen LogP contribution in [-0.2, 0) is 6.42 Å². The van der Waals surface area contributed by atoms with E-state index in [0.29, 0.717) is 5.41 Å². The van der Waals surface area contributed by atoms with E-state index in [2.05, 4.69) is 13.8 Å². The molecular weight excluding hydrogens is 265 g/mol. The Hall–Kier alpha value is -0.240. The van der Waals surface area contributed by atoms with Gasteiger partial charge in [0.2, 0.25) is 0 Å². The van der Waals surface area contributed by atoms with Gasteiger partial charge in [0.25, 0.3) is 0 Å². The quantitative estimate of drug-likeness (QED) is 0.827. The minimum atomic E-state index is -0.143. The number of hydrogen-bond donors (Lipinski definition) is 1. The van der Waals surface area contributed by atoms with Crippen molar-refractivity contribution in [3.63, 3.8) is 0 Å². The van der Waals surface area contributed by atoms with E-state index in [1.807, 2.05) is 18.2 Å². The first kappa shape index (κ1) is 14.2. The first-order valence-corrected chi connectivity index (χ1v) is 7.28. The normalized spacial score (nSPS) is 27.2. The van der Waals surface area contributed by atoms with Crippen molar-refractivity contribution in [3.05, 3.63) is 33.8 Å². The van der Waals surface area contributed by atoms with Crippen molar-refractivity contribution >= 4 is 23.2 Å². The molecule has 1 unspecified atom stereocenters. The van der Waals surface area contributed by atoms with Crippen LogP contribution in [0.25, 0.3) is 0 Å². The second-order valence-corrected chi connectivity index (χ2v) is 7.31. The molecule has 1 fully saturated rings. The molecule has 100 valence electrons. The van der Waals surface area contributed by atoms with Gasteiger partial charge in [-0.05, 0) is 54.9 Å². The molecule has 1 aliphatic carbocycles. The standard InChI is InChI=1S/C15H21Cl2N/c1-14(2)6-3-7-15(18,10-14)9-11-8-12(16)4-5-13(11)17/h4-5,8H,3,6-7,9-10,18H2,1-2H3. The Labute approximate surface area is 120 Å². The van der Waals surface area contributed by atoms with Crippen molar-refractivity contribution in [1.82, 2.24) is 0 Å². The Morgan fingerprint density at radius 1 is 1.22 bits per heavy atom. The van der Waals surface area contributed by atoms with Crippen molar-refractivity contribution in [3.8, 4) is 0 Å². The average molecular weight is 286 g/mol. The lowest BCUT2D eigenvalue weighted by atomic mass is 9.66. The van der Waals surface area contributed by atoms with Gasteiger partial charge >= 0.3 is 0 Å². The van der Waals surface area contributed by atoms with E-state index < -0.39 is 0 Å². The average Bonchev–Trinajstić information content (AvgIpc) is 2.21. The van der Waals surface area contributed by atoms with E-state index in [1.54, 1.807) is 0 Å². The van der Waals surface area contributed by atoms with E-state index in [4.69, 9.17) is 28.9 Å². The van der Waals surface area contributed by atoms with Crippen LogP contribution >= 0.6 is 23.2 Å². The highest BCUT2D eigenvalue weighted by molar-refractivity contribution is 6.33. The third kappa shape index (κ3) is 3.40. The Morgan fingerprint density at radius 2 is 1.94 bits per heavy atom.